The summed E-state index contributed by atoms with van der Waals surface area (Å²) in [7, 11) is 0. The largest absolute Gasteiger partial charge is 0.480 e. The number of aromatic amines is 1. The number of carbonyl (C=O) groups is 4. The molecule has 0 aliphatic heterocycles. The van der Waals surface area contributed by atoms with Crippen LogP contribution in [0.2, 0.25) is 0 Å². The summed E-state index contributed by atoms with van der Waals surface area (Å²) in [6.45, 7) is 4.36. The van der Waals surface area contributed by atoms with Crippen molar-refractivity contribution >= 4 is 23.7 Å². The maximum atomic E-state index is 12.4. The van der Waals surface area contributed by atoms with Crippen LogP contribution in [0.3, 0.4) is 0 Å². The van der Waals surface area contributed by atoms with Gasteiger partial charge < -0.3 is 31.8 Å². The number of hydrogen-bond donors (Lipinski definition) is 6. The van der Waals surface area contributed by atoms with Crippen LogP contribution in [0.4, 0.5) is 0 Å². The van der Waals surface area contributed by atoms with Gasteiger partial charge in [0.05, 0.1) is 18.9 Å². The Morgan fingerprint density at radius 2 is 1.85 bits per heavy atom. The van der Waals surface area contributed by atoms with E-state index in [0.29, 0.717) is 5.69 Å². The Labute approximate surface area is 156 Å². The third-order valence-electron chi connectivity index (χ3n) is 3.70. The lowest BCUT2D eigenvalue weighted by molar-refractivity contribution is -0.143. The predicted octanol–water partition coefficient (Wildman–Crippen LogP) is -1.87. The van der Waals surface area contributed by atoms with Gasteiger partial charge in [-0.15, -0.1) is 0 Å². The number of hydrogen-bond acceptors (Lipinski definition) is 6. The van der Waals surface area contributed by atoms with Crippen molar-refractivity contribution in [3.05, 3.63) is 18.2 Å². The van der Waals surface area contributed by atoms with E-state index in [1.54, 1.807) is 13.8 Å². The number of carbonyl (C=O) groups excluding carboxylic acids is 3. The monoisotopic (exact) mass is 382 g/mol. The molecule has 0 aliphatic rings. The molecule has 0 saturated heterocycles. The Hall–Kier alpha value is -2.95. The molecule has 3 atom stereocenters. The van der Waals surface area contributed by atoms with E-state index in [4.69, 9.17) is 10.8 Å². The van der Waals surface area contributed by atoms with Crippen LogP contribution in [0, 0.1) is 5.92 Å². The van der Waals surface area contributed by atoms with Gasteiger partial charge in [-0.1, -0.05) is 13.8 Å². The number of amides is 3. The van der Waals surface area contributed by atoms with Gasteiger partial charge in [0.2, 0.25) is 17.7 Å². The fourth-order valence-corrected chi connectivity index (χ4v) is 2.16. The molecular formula is C16H26N6O5. The zero-order valence-electron chi connectivity index (χ0n) is 15.5. The fraction of sp³-hybridized carbons (Fsp3) is 0.562. The molecule has 0 saturated carbocycles. The number of carboxylic acid groups (broad SMARTS) is 1. The summed E-state index contributed by atoms with van der Waals surface area (Å²) in [5.74, 6) is -3.26. The van der Waals surface area contributed by atoms with Gasteiger partial charge in [0.15, 0.2) is 0 Å². The summed E-state index contributed by atoms with van der Waals surface area (Å²) in [6.07, 6.45) is 3.06. The van der Waals surface area contributed by atoms with E-state index in [-0.39, 0.29) is 12.3 Å². The molecule has 3 amide bonds. The number of nitrogens with two attached hydrogens (primary N) is 1. The Morgan fingerprint density at radius 1 is 1.19 bits per heavy atom. The first kappa shape index (κ1) is 22.1. The maximum Gasteiger partial charge on any atom is 0.326 e. The molecule has 0 spiro atoms. The van der Waals surface area contributed by atoms with Gasteiger partial charge in [0, 0.05) is 18.3 Å². The summed E-state index contributed by atoms with van der Waals surface area (Å²) in [5, 5.41) is 16.3. The molecular weight excluding hydrogens is 356 g/mol. The van der Waals surface area contributed by atoms with Crippen molar-refractivity contribution in [3.63, 3.8) is 0 Å². The van der Waals surface area contributed by atoms with Crippen molar-refractivity contribution in [2.24, 2.45) is 11.7 Å². The minimum atomic E-state index is -1.16. The minimum Gasteiger partial charge on any atom is -0.480 e. The maximum absolute atomic E-state index is 12.4. The van der Waals surface area contributed by atoms with Crippen molar-refractivity contribution in [1.29, 1.82) is 0 Å². The number of aliphatic carboxylic acids is 1. The molecule has 1 aromatic heterocycles. The van der Waals surface area contributed by atoms with Crippen molar-refractivity contribution in [1.82, 2.24) is 25.9 Å². The number of imidazole rings is 1. The summed E-state index contributed by atoms with van der Waals surface area (Å²) in [6, 6.07) is -2.85. The highest BCUT2D eigenvalue weighted by Gasteiger charge is 2.26. The van der Waals surface area contributed by atoms with E-state index >= 15 is 0 Å². The van der Waals surface area contributed by atoms with Crippen LogP contribution in [0.1, 0.15) is 26.5 Å². The quantitative estimate of drug-likeness (QED) is 0.274. The second-order valence-corrected chi connectivity index (χ2v) is 6.48. The normalized spacial score (nSPS) is 14.1. The highest BCUT2D eigenvalue weighted by atomic mass is 16.4. The van der Waals surface area contributed by atoms with E-state index in [9.17, 15) is 19.2 Å². The van der Waals surface area contributed by atoms with Gasteiger partial charge in [-0.2, -0.15) is 0 Å². The molecule has 27 heavy (non-hydrogen) atoms. The molecule has 0 aromatic carbocycles. The van der Waals surface area contributed by atoms with Crippen molar-refractivity contribution in [3.8, 4) is 0 Å². The molecule has 11 nitrogen and oxygen atoms in total. The lowest BCUT2D eigenvalue weighted by atomic mass is 10.0. The number of H-pyrrole nitrogens is 1. The van der Waals surface area contributed by atoms with Gasteiger partial charge >= 0.3 is 5.97 Å². The van der Waals surface area contributed by atoms with E-state index in [1.807, 2.05) is 0 Å². The molecule has 0 radical (unpaired) electrons. The van der Waals surface area contributed by atoms with Crippen LogP contribution < -0.4 is 21.7 Å². The number of aromatic nitrogens is 2. The number of nitrogens with zero attached hydrogens (tertiary/aromatic N) is 1. The smallest absolute Gasteiger partial charge is 0.326 e. The van der Waals surface area contributed by atoms with Gasteiger partial charge in [0.1, 0.15) is 12.1 Å². The van der Waals surface area contributed by atoms with Crippen molar-refractivity contribution in [2.45, 2.75) is 45.3 Å². The van der Waals surface area contributed by atoms with Crippen LogP contribution in [0.5, 0.6) is 0 Å². The molecule has 0 bridgehead atoms. The number of nitrogens with one attached hydrogen (secondary N) is 4. The summed E-state index contributed by atoms with van der Waals surface area (Å²) < 4.78 is 0. The number of carboxylic acids is 1. The Kier molecular flexibility index (Phi) is 8.39. The van der Waals surface area contributed by atoms with Crippen molar-refractivity contribution in [2.75, 3.05) is 6.54 Å². The van der Waals surface area contributed by atoms with Crippen LogP contribution in [0.15, 0.2) is 12.5 Å². The molecule has 11 heteroatoms. The van der Waals surface area contributed by atoms with E-state index in [2.05, 4.69) is 25.9 Å². The van der Waals surface area contributed by atoms with Crippen LogP contribution >= 0.6 is 0 Å². The minimum absolute atomic E-state index is 0.121. The molecule has 1 aromatic rings. The topological polar surface area (TPSA) is 179 Å². The average Bonchev–Trinajstić information content (AvgIpc) is 3.09. The Bertz CT molecular complexity index is 658. The standard InChI is InChI=1S/C16H26N6O5/c1-8(2)13(16(26)27)22-12(23)6-19-15(25)11(21-14(24)9(3)17)4-10-5-18-7-20-10/h5,7-9,11,13H,4,6,17H2,1-3H3,(H,18,20)(H,19,25)(H,21,24)(H,22,23)(H,26,27). The van der Waals surface area contributed by atoms with Gasteiger partial charge in [-0.05, 0) is 12.8 Å². The molecule has 0 aliphatic carbocycles. The first-order valence-corrected chi connectivity index (χ1v) is 8.44. The Morgan fingerprint density at radius 3 is 2.33 bits per heavy atom. The summed E-state index contributed by atoms with van der Waals surface area (Å²) in [5.41, 5.74) is 6.11. The zero-order chi connectivity index (χ0) is 20.6. The van der Waals surface area contributed by atoms with Crippen LogP contribution in [-0.2, 0) is 25.6 Å². The second-order valence-electron chi connectivity index (χ2n) is 6.48. The third-order valence-corrected chi connectivity index (χ3v) is 3.70. The van der Waals surface area contributed by atoms with Crippen LogP contribution in [-0.4, -0.2) is 63.4 Å². The Balaban J connectivity index is 2.68. The first-order chi connectivity index (χ1) is 12.6. The average molecular weight is 382 g/mol. The van der Waals surface area contributed by atoms with Gasteiger partial charge in [-0.3, -0.25) is 14.4 Å². The molecule has 1 heterocycles. The van der Waals surface area contributed by atoms with Gasteiger partial charge in [0.25, 0.3) is 0 Å². The molecule has 3 unspecified atom stereocenters. The van der Waals surface area contributed by atoms with E-state index < -0.39 is 48.4 Å². The molecule has 7 N–H and O–H groups in total. The molecule has 1 rings (SSSR count). The lowest BCUT2D eigenvalue weighted by Gasteiger charge is -2.20. The van der Waals surface area contributed by atoms with Crippen molar-refractivity contribution < 1.29 is 24.3 Å². The lowest BCUT2D eigenvalue weighted by Crippen LogP contribution is -2.54. The van der Waals surface area contributed by atoms with E-state index in [0.717, 1.165) is 0 Å². The molecule has 0 fully saturated rings. The third kappa shape index (κ3) is 7.44. The fourth-order valence-electron chi connectivity index (χ4n) is 2.16. The first-order valence-electron chi connectivity index (χ1n) is 8.44. The second kappa shape index (κ2) is 10.3. The summed E-state index contributed by atoms with van der Waals surface area (Å²) in [4.78, 5) is 53.9. The zero-order valence-corrected chi connectivity index (χ0v) is 15.5. The SMILES string of the molecule is CC(N)C(=O)NC(Cc1cnc[nH]1)C(=O)NCC(=O)NC(C(=O)O)C(C)C. The predicted molar refractivity (Wildman–Crippen MR) is 95.3 cm³/mol. The van der Waals surface area contributed by atoms with Gasteiger partial charge in [-0.25, -0.2) is 9.78 Å². The molecule has 150 valence electrons. The van der Waals surface area contributed by atoms with Crippen LogP contribution in [0.25, 0.3) is 0 Å². The summed E-state index contributed by atoms with van der Waals surface area (Å²) >= 11 is 0. The van der Waals surface area contributed by atoms with E-state index in [1.165, 1.54) is 19.4 Å². The number of rotatable bonds is 10. The highest BCUT2D eigenvalue weighted by Crippen LogP contribution is 2.02. The highest BCUT2D eigenvalue weighted by molar-refractivity contribution is 5.92.